The molecule has 1 unspecified atom stereocenters. The number of anilines is 1. The summed E-state index contributed by atoms with van der Waals surface area (Å²) < 4.78 is 60.0. The van der Waals surface area contributed by atoms with Gasteiger partial charge in [0.1, 0.15) is 17.2 Å². The lowest BCUT2D eigenvalue weighted by molar-refractivity contribution is -0.189. The van der Waals surface area contributed by atoms with Crippen molar-refractivity contribution in [1.29, 1.82) is 0 Å². The van der Waals surface area contributed by atoms with Gasteiger partial charge < -0.3 is 15.2 Å². The molecule has 0 aliphatic heterocycles. The predicted octanol–water partition coefficient (Wildman–Crippen LogP) is 6.66. The normalized spacial score (nSPS) is 12.9. The number of nitrogens with one attached hydrogen (secondary N) is 1. The second-order valence-corrected chi connectivity index (χ2v) is 8.89. The van der Waals surface area contributed by atoms with E-state index in [0.717, 1.165) is 19.1 Å². The minimum atomic E-state index is -4.73. The van der Waals surface area contributed by atoms with Crippen LogP contribution in [0.5, 0.6) is 5.75 Å². The number of hydrogen-bond acceptors (Lipinski definition) is 4. The van der Waals surface area contributed by atoms with Crippen LogP contribution in [0.15, 0.2) is 48.5 Å². The van der Waals surface area contributed by atoms with Crippen LogP contribution in [0, 0.1) is 12.7 Å². The van der Waals surface area contributed by atoms with Crippen LogP contribution in [-0.2, 0) is 5.60 Å². The molecule has 0 bridgehead atoms. The maximum Gasteiger partial charge on any atom is 0.425 e. The van der Waals surface area contributed by atoms with Gasteiger partial charge >= 0.3 is 6.18 Å². The molecule has 3 rings (SSSR count). The summed E-state index contributed by atoms with van der Waals surface area (Å²) in [6.07, 6.45) is -7.01. The van der Waals surface area contributed by atoms with Crippen LogP contribution in [0.3, 0.4) is 0 Å². The third-order valence-corrected chi connectivity index (χ3v) is 5.48. The molecule has 0 spiro atoms. The van der Waals surface area contributed by atoms with Gasteiger partial charge in [0.25, 0.3) is 5.91 Å². The lowest BCUT2D eigenvalue weighted by atomic mass is 10.0. The van der Waals surface area contributed by atoms with Gasteiger partial charge in [-0.1, -0.05) is 29.8 Å². The number of para-hydroxylation sites is 1. The first-order valence-corrected chi connectivity index (χ1v) is 10.9. The highest BCUT2D eigenvalue weighted by molar-refractivity contribution is 6.31. The van der Waals surface area contributed by atoms with Crippen molar-refractivity contribution in [3.63, 3.8) is 0 Å². The fourth-order valence-corrected chi connectivity index (χ4v) is 3.54. The van der Waals surface area contributed by atoms with Gasteiger partial charge in [-0.2, -0.15) is 13.2 Å². The number of aliphatic hydroxyl groups is 1. The Bertz CT molecular complexity index is 1260. The first kappa shape index (κ1) is 26.4. The summed E-state index contributed by atoms with van der Waals surface area (Å²) in [5.41, 5.74) is -0.991. The van der Waals surface area contributed by atoms with Crippen molar-refractivity contribution in [2.75, 3.05) is 5.32 Å². The van der Waals surface area contributed by atoms with Crippen LogP contribution in [-0.4, -0.2) is 28.3 Å². The molecule has 3 aromatic rings. The topological polar surface area (TPSA) is 71.5 Å². The highest BCUT2D eigenvalue weighted by Gasteiger charge is 2.39. The van der Waals surface area contributed by atoms with Gasteiger partial charge in [0.15, 0.2) is 6.10 Å². The van der Waals surface area contributed by atoms with E-state index in [1.54, 1.807) is 31.2 Å². The highest BCUT2D eigenvalue weighted by Crippen LogP contribution is 2.35. The smallest absolute Gasteiger partial charge is 0.425 e. The second-order valence-electron chi connectivity index (χ2n) is 8.48. The molecule has 0 saturated carbocycles. The molecule has 0 saturated heterocycles. The van der Waals surface area contributed by atoms with Gasteiger partial charge in [0.05, 0.1) is 22.0 Å². The zero-order valence-corrected chi connectivity index (χ0v) is 20.1. The van der Waals surface area contributed by atoms with Crippen molar-refractivity contribution < 1.29 is 32.2 Å². The molecule has 1 heterocycles. The van der Waals surface area contributed by atoms with Gasteiger partial charge in [-0.3, -0.25) is 4.79 Å². The molecule has 2 aromatic carbocycles. The second kappa shape index (κ2) is 9.83. The number of carbonyl (C=O) groups is 1. The average molecular weight is 511 g/mol. The minimum absolute atomic E-state index is 0.0144. The highest BCUT2D eigenvalue weighted by atomic mass is 35.5. The van der Waals surface area contributed by atoms with Gasteiger partial charge in [0, 0.05) is 11.3 Å². The molecule has 5 nitrogen and oxygen atoms in total. The molecule has 0 radical (unpaired) electrons. The summed E-state index contributed by atoms with van der Waals surface area (Å²) >= 11 is 6.10. The number of benzene rings is 2. The third-order valence-electron chi connectivity index (χ3n) is 5.17. The van der Waals surface area contributed by atoms with Gasteiger partial charge in [-0.15, -0.1) is 0 Å². The van der Waals surface area contributed by atoms with Crippen LogP contribution in [0.4, 0.5) is 23.2 Å². The molecule has 2 N–H and O–H groups in total. The molecule has 0 fully saturated rings. The van der Waals surface area contributed by atoms with Crippen LogP contribution in [0.25, 0.3) is 11.3 Å². The third kappa shape index (κ3) is 6.10. The largest absolute Gasteiger partial charge is 0.480 e. The molecular formula is C25H23ClF4N2O3. The number of ether oxygens (including phenoxy) is 1. The fourth-order valence-electron chi connectivity index (χ4n) is 3.21. The Labute approximate surface area is 204 Å². The zero-order chi connectivity index (χ0) is 26.1. The van der Waals surface area contributed by atoms with E-state index in [1.807, 2.05) is 0 Å². The monoisotopic (exact) mass is 510 g/mol. The van der Waals surface area contributed by atoms with E-state index < -0.39 is 40.9 Å². The van der Waals surface area contributed by atoms with Crippen molar-refractivity contribution in [3.05, 3.63) is 76.2 Å². The number of pyridine rings is 1. The summed E-state index contributed by atoms with van der Waals surface area (Å²) in [4.78, 5) is 17.1. The summed E-state index contributed by atoms with van der Waals surface area (Å²) in [5, 5.41) is 13.0. The van der Waals surface area contributed by atoms with Crippen LogP contribution in [0.1, 0.15) is 42.4 Å². The van der Waals surface area contributed by atoms with Gasteiger partial charge in [0.2, 0.25) is 0 Å². The SMILES string of the molecule is Cc1ccccc1NC(=O)c1cc(F)c(-c2ccc(Cl)c(C(C)(C)O)n2)cc1OC(C)C(F)(F)F. The van der Waals surface area contributed by atoms with Gasteiger partial charge in [-0.25, -0.2) is 9.37 Å². The first-order chi connectivity index (χ1) is 16.2. The molecule has 10 heteroatoms. The quantitative estimate of drug-likeness (QED) is 0.364. The van der Waals surface area contributed by atoms with Crippen LogP contribution in [0.2, 0.25) is 5.02 Å². The van der Waals surface area contributed by atoms with Crippen molar-refractivity contribution in [2.45, 2.75) is 45.6 Å². The molecule has 1 aromatic heterocycles. The number of amides is 1. The number of nitrogens with zero attached hydrogens (tertiary/aromatic N) is 1. The minimum Gasteiger partial charge on any atom is -0.480 e. The maximum absolute atomic E-state index is 15.2. The lowest BCUT2D eigenvalue weighted by Crippen LogP contribution is -2.32. The van der Waals surface area contributed by atoms with Gasteiger partial charge in [-0.05, 0) is 63.6 Å². The molecule has 1 amide bonds. The Balaban J connectivity index is 2.13. The zero-order valence-electron chi connectivity index (χ0n) is 19.3. The average Bonchev–Trinajstić information content (AvgIpc) is 2.75. The number of carbonyl (C=O) groups excluding carboxylic acids is 1. The Morgan fingerprint density at radius 3 is 2.40 bits per heavy atom. The van der Waals surface area contributed by atoms with Crippen LogP contribution >= 0.6 is 11.6 Å². The number of halogens is 5. The van der Waals surface area contributed by atoms with Crippen LogP contribution < -0.4 is 10.1 Å². The Hall–Kier alpha value is -3.17. The van der Waals surface area contributed by atoms with Crippen molar-refractivity contribution >= 4 is 23.2 Å². The molecule has 0 aliphatic carbocycles. The van der Waals surface area contributed by atoms with E-state index in [0.29, 0.717) is 11.3 Å². The number of rotatable bonds is 6. The van der Waals surface area contributed by atoms with E-state index in [1.165, 1.54) is 26.0 Å². The molecule has 186 valence electrons. The summed E-state index contributed by atoms with van der Waals surface area (Å²) in [6, 6.07) is 11.3. The number of alkyl halides is 3. The lowest BCUT2D eigenvalue weighted by Gasteiger charge is -2.21. The number of aryl methyl sites for hydroxylation is 1. The molecule has 35 heavy (non-hydrogen) atoms. The Morgan fingerprint density at radius 1 is 1.14 bits per heavy atom. The summed E-state index contributed by atoms with van der Waals surface area (Å²) in [5.74, 6) is -2.27. The number of aromatic nitrogens is 1. The molecular weight excluding hydrogens is 488 g/mol. The van der Waals surface area contributed by atoms with E-state index in [9.17, 15) is 23.1 Å². The predicted molar refractivity (Wildman–Crippen MR) is 125 cm³/mol. The van der Waals surface area contributed by atoms with Crippen molar-refractivity contribution in [3.8, 4) is 17.0 Å². The number of hydrogen-bond donors (Lipinski definition) is 2. The molecule has 0 aliphatic rings. The molecule has 1 atom stereocenters. The van der Waals surface area contributed by atoms with E-state index in [-0.39, 0.29) is 22.0 Å². The Morgan fingerprint density at radius 2 is 1.80 bits per heavy atom. The summed E-state index contributed by atoms with van der Waals surface area (Å²) in [6.45, 7) is 5.37. The maximum atomic E-state index is 15.2. The Kier molecular flexibility index (Phi) is 7.42. The van der Waals surface area contributed by atoms with E-state index in [4.69, 9.17) is 16.3 Å². The van der Waals surface area contributed by atoms with Crippen molar-refractivity contribution in [2.24, 2.45) is 0 Å². The summed E-state index contributed by atoms with van der Waals surface area (Å²) in [7, 11) is 0. The fraction of sp³-hybridized carbons (Fsp3) is 0.280. The van der Waals surface area contributed by atoms with Crippen molar-refractivity contribution in [1.82, 2.24) is 4.98 Å². The first-order valence-electron chi connectivity index (χ1n) is 10.5. The standard InChI is InChI=1S/C25H23ClF4N2O3/c1-13-7-5-6-8-19(13)32-23(33)16-11-18(27)15(12-21(16)35-14(2)25(28,29)30)20-10-9-17(26)22(31-20)24(3,4)34/h5-12,14,34H,1-4H3,(H,32,33). The van der Waals surface area contributed by atoms with E-state index in [2.05, 4.69) is 10.3 Å². The van der Waals surface area contributed by atoms with E-state index >= 15 is 4.39 Å².